The quantitative estimate of drug-likeness (QED) is 0.582. The van der Waals surface area contributed by atoms with Gasteiger partial charge in [-0.15, -0.1) is 11.3 Å². The first-order chi connectivity index (χ1) is 10.6. The summed E-state index contributed by atoms with van der Waals surface area (Å²) in [5, 5.41) is 6.99. The molecule has 0 spiro atoms. The number of H-pyrrole nitrogens is 2. The zero-order chi connectivity index (χ0) is 15.5. The van der Waals surface area contributed by atoms with E-state index in [4.69, 9.17) is 0 Å². The number of fused-ring (bicyclic) bond motifs is 1. The van der Waals surface area contributed by atoms with Crippen LogP contribution in [-0.2, 0) is 4.79 Å². The van der Waals surface area contributed by atoms with Gasteiger partial charge in [-0.25, -0.2) is 4.79 Å². The molecular formula is C14H12N4O3S. The van der Waals surface area contributed by atoms with Crippen molar-refractivity contribution in [3.05, 3.63) is 51.1 Å². The molecule has 0 aliphatic carbocycles. The monoisotopic (exact) mass is 316 g/mol. The molecular weight excluding hydrogens is 304 g/mol. The van der Waals surface area contributed by atoms with E-state index in [1.165, 1.54) is 11.3 Å². The molecule has 0 bridgehead atoms. The number of hydrogen-bond acceptors (Lipinski definition) is 4. The van der Waals surface area contributed by atoms with Gasteiger partial charge < -0.3 is 20.6 Å². The van der Waals surface area contributed by atoms with Gasteiger partial charge in [-0.05, 0) is 29.6 Å². The van der Waals surface area contributed by atoms with E-state index in [9.17, 15) is 14.4 Å². The maximum absolute atomic E-state index is 11.8. The predicted molar refractivity (Wildman–Crippen MR) is 84.2 cm³/mol. The molecule has 3 aromatic rings. The smallest absolute Gasteiger partial charge is 0.323 e. The first kappa shape index (κ1) is 14.1. The summed E-state index contributed by atoms with van der Waals surface area (Å²) in [7, 11) is 0. The van der Waals surface area contributed by atoms with Crippen molar-refractivity contribution in [3.63, 3.8) is 0 Å². The summed E-state index contributed by atoms with van der Waals surface area (Å²) in [6.07, 6.45) is 0. The van der Waals surface area contributed by atoms with Crippen LogP contribution in [0.1, 0.15) is 9.67 Å². The lowest BCUT2D eigenvalue weighted by Crippen LogP contribution is -2.32. The van der Waals surface area contributed by atoms with E-state index < -0.39 is 0 Å². The number of anilines is 1. The third-order valence-electron chi connectivity index (χ3n) is 2.95. The highest BCUT2D eigenvalue weighted by molar-refractivity contribution is 7.12. The van der Waals surface area contributed by atoms with E-state index in [2.05, 4.69) is 20.6 Å². The number of aromatic amines is 2. The van der Waals surface area contributed by atoms with Crippen LogP contribution < -0.4 is 16.3 Å². The number of carbonyl (C=O) groups excluding carboxylic acids is 2. The van der Waals surface area contributed by atoms with Crippen LogP contribution in [-0.4, -0.2) is 28.3 Å². The molecule has 22 heavy (non-hydrogen) atoms. The van der Waals surface area contributed by atoms with E-state index in [1.54, 1.807) is 35.7 Å². The van der Waals surface area contributed by atoms with Crippen LogP contribution in [0.15, 0.2) is 40.5 Å². The van der Waals surface area contributed by atoms with Gasteiger partial charge >= 0.3 is 5.69 Å². The van der Waals surface area contributed by atoms with E-state index in [0.29, 0.717) is 21.6 Å². The number of amides is 2. The van der Waals surface area contributed by atoms with Crippen LogP contribution in [0.25, 0.3) is 11.0 Å². The zero-order valence-corrected chi connectivity index (χ0v) is 12.1. The van der Waals surface area contributed by atoms with Crippen LogP contribution in [0.5, 0.6) is 0 Å². The predicted octanol–water partition coefficient (Wildman–Crippen LogP) is 1.29. The van der Waals surface area contributed by atoms with Crippen molar-refractivity contribution in [3.8, 4) is 0 Å². The average molecular weight is 316 g/mol. The Labute approximate surface area is 128 Å². The van der Waals surface area contributed by atoms with Gasteiger partial charge in [0.1, 0.15) is 0 Å². The number of thiophene rings is 1. The zero-order valence-electron chi connectivity index (χ0n) is 11.3. The SMILES string of the molecule is O=C(CNC(=O)c1cccs1)Nc1ccc2[nH]c(=O)[nH]c2c1. The minimum absolute atomic E-state index is 0.127. The van der Waals surface area contributed by atoms with Gasteiger partial charge in [0.25, 0.3) is 5.91 Å². The largest absolute Gasteiger partial charge is 0.342 e. The molecule has 112 valence electrons. The van der Waals surface area contributed by atoms with Crippen LogP contribution >= 0.6 is 11.3 Å². The summed E-state index contributed by atoms with van der Waals surface area (Å²) in [6.45, 7) is -0.127. The fourth-order valence-electron chi connectivity index (χ4n) is 1.97. The van der Waals surface area contributed by atoms with Crippen molar-refractivity contribution in [1.29, 1.82) is 0 Å². The Kier molecular flexibility index (Phi) is 3.75. The molecule has 1 aromatic carbocycles. The number of nitrogens with one attached hydrogen (secondary N) is 4. The average Bonchev–Trinajstić information content (AvgIpc) is 3.12. The maximum Gasteiger partial charge on any atom is 0.323 e. The Hall–Kier alpha value is -2.87. The molecule has 2 aromatic heterocycles. The highest BCUT2D eigenvalue weighted by Crippen LogP contribution is 2.14. The van der Waals surface area contributed by atoms with Crippen molar-refractivity contribution >= 4 is 39.9 Å². The minimum atomic E-state index is -0.345. The molecule has 2 amide bonds. The Morgan fingerprint density at radius 3 is 2.73 bits per heavy atom. The topological polar surface area (TPSA) is 107 Å². The Bertz CT molecular complexity index is 879. The highest BCUT2D eigenvalue weighted by Gasteiger charge is 2.09. The van der Waals surface area contributed by atoms with Gasteiger partial charge in [0, 0.05) is 5.69 Å². The molecule has 3 rings (SSSR count). The molecule has 0 fully saturated rings. The van der Waals surface area contributed by atoms with Crippen molar-refractivity contribution in [2.75, 3.05) is 11.9 Å². The summed E-state index contributed by atoms with van der Waals surface area (Å²) in [4.78, 5) is 40.5. The number of benzene rings is 1. The molecule has 0 saturated carbocycles. The van der Waals surface area contributed by atoms with Crippen molar-refractivity contribution < 1.29 is 9.59 Å². The lowest BCUT2D eigenvalue weighted by molar-refractivity contribution is -0.115. The standard InChI is InChI=1S/C14H12N4O3S/c19-12(7-15-13(20)11-2-1-5-22-11)16-8-3-4-9-10(6-8)18-14(21)17-9/h1-6H,7H2,(H,15,20)(H,16,19)(H2,17,18,21). The lowest BCUT2D eigenvalue weighted by atomic mass is 10.2. The van der Waals surface area contributed by atoms with Crippen LogP contribution in [0.4, 0.5) is 5.69 Å². The normalized spacial score (nSPS) is 10.5. The molecule has 0 atom stereocenters. The third-order valence-corrected chi connectivity index (χ3v) is 3.82. The summed E-state index contributed by atoms with van der Waals surface area (Å²) in [5.41, 5.74) is 1.50. The van der Waals surface area contributed by atoms with Crippen molar-refractivity contribution in [1.82, 2.24) is 15.3 Å². The summed E-state index contributed by atoms with van der Waals surface area (Å²) in [5.74, 6) is -0.627. The minimum Gasteiger partial charge on any atom is -0.342 e. The van der Waals surface area contributed by atoms with E-state index >= 15 is 0 Å². The van der Waals surface area contributed by atoms with Gasteiger partial charge in [0.05, 0.1) is 22.5 Å². The van der Waals surface area contributed by atoms with Crippen molar-refractivity contribution in [2.45, 2.75) is 0 Å². The number of imidazole rings is 1. The van der Waals surface area contributed by atoms with Gasteiger partial charge in [-0.2, -0.15) is 0 Å². The van der Waals surface area contributed by atoms with Crippen LogP contribution in [0, 0.1) is 0 Å². The lowest BCUT2D eigenvalue weighted by Gasteiger charge is -2.06. The number of rotatable bonds is 4. The molecule has 7 nitrogen and oxygen atoms in total. The second kappa shape index (κ2) is 5.86. The Balaban J connectivity index is 1.60. The van der Waals surface area contributed by atoms with E-state index in [0.717, 1.165) is 0 Å². The first-order valence-corrected chi connectivity index (χ1v) is 7.33. The van der Waals surface area contributed by atoms with Gasteiger partial charge in [-0.1, -0.05) is 6.07 Å². The number of carbonyl (C=O) groups is 2. The molecule has 2 heterocycles. The first-order valence-electron chi connectivity index (χ1n) is 6.45. The van der Waals surface area contributed by atoms with Gasteiger partial charge in [-0.3, -0.25) is 9.59 Å². The van der Waals surface area contributed by atoms with Crippen molar-refractivity contribution in [2.24, 2.45) is 0 Å². The van der Waals surface area contributed by atoms with Gasteiger partial charge in [0.2, 0.25) is 5.91 Å². The molecule has 0 aliphatic heterocycles. The maximum atomic E-state index is 11.8. The third kappa shape index (κ3) is 3.07. The Morgan fingerprint density at radius 2 is 1.95 bits per heavy atom. The highest BCUT2D eigenvalue weighted by atomic mass is 32.1. The van der Waals surface area contributed by atoms with Gasteiger partial charge in [0.15, 0.2) is 0 Å². The Morgan fingerprint density at radius 1 is 1.14 bits per heavy atom. The fourth-order valence-corrected chi connectivity index (χ4v) is 2.61. The second-order valence-corrected chi connectivity index (χ2v) is 5.50. The van der Waals surface area contributed by atoms with E-state index in [-0.39, 0.29) is 24.0 Å². The molecule has 8 heteroatoms. The number of hydrogen-bond donors (Lipinski definition) is 4. The molecule has 0 unspecified atom stereocenters. The van der Waals surface area contributed by atoms with E-state index in [1.807, 2.05) is 0 Å². The van der Waals surface area contributed by atoms with Crippen LogP contribution in [0.3, 0.4) is 0 Å². The molecule has 0 radical (unpaired) electrons. The second-order valence-electron chi connectivity index (χ2n) is 4.55. The molecule has 0 saturated heterocycles. The van der Waals surface area contributed by atoms with Crippen LogP contribution in [0.2, 0.25) is 0 Å². The molecule has 4 N–H and O–H groups in total. The summed E-state index contributed by atoms with van der Waals surface area (Å²) < 4.78 is 0. The summed E-state index contributed by atoms with van der Waals surface area (Å²) >= 11 is 1.31. The number of aromatic nitrogens is 2. The fraction of sp³-hybridized carbons (Fsp3) is 0.0714. The molecule has 0 aliphatic rings. The summed E-state index contributed by atoms with van der Waals surface area (Å²) in [6, 6.07) is 8.46.